The van der Waals surface area contributed by atoms with Gasteiger partial charge in [0.1, 0.15) is 11.2 Å². The van der Waals surface area contributed by atoms with Gasteiger partial charge in [-0.3, -0.25) is 4.79 Å². The summed E-state index contributed by atoms with van der Waals surface area (Å²) in [6.07, 6.45) is -3.84. The number of benzene rings is 2. The second-order valence-corrected chi connectivity index (χ2v) is 11.8. The molecular formula is C25H17F4N7O5S. The summed E-state index contributed by atoms with van der Waals surface area (Å²) in [6.45, 7) is -0.241. The molecular weight excluding hydrogens is 586 g/mol. The van der Waals surface area contributed by atoms with Crippen molar-refractivity contribution in [2.24, 2.45) is 5.73 Å². The summed E-state index contributed by atoms with van der Waals surface area (Å²) < 4.78 is 89.4. The molecule has 1 atom stereocenters. The van der Waals surface area contributed by atoms with Crippen molar-refractivity contribution in [2.45, 2.75) is 41.9 Å². The van der Waals surface area contributed by atoms with E-state index >= 15 is 4.39 Å². The minimum atomic E-state index is -4.82. The molecule has 4 aromatic rings. The molecule has 17 heteroatoms. The van der Waals surface area contributed by atoms with Gasteiger partial charge in [0.2, 0.25) is 23.4 Å². The van der Waals surface area contributed by atoms with Gasteiger partial charge in [-0.05, 0) is 30.5 Å². The van der Waals surface area contributed by atoms with Crippen LogP contribution in [0.4, 0.5) is 23.2 Å². The Labute approximate surface area is 233 Å². The van der Waals surface area contributed by atoms with E-state index < -0.39 is 55.7 Å². The summed E-state index contributed by atoms with van der Waals surface area (Å²) >= 11 is 0. The fourth-order valence-corrected chi connectivity index (χ4v) is 6.04. The maximum Gasteiger partial charge on any atom is 0.471 e. The molecule has 1 saturated carbocycles. The molecule has 42 heavy (non-hydrogen) atoms. The Morgan fingerprint density at radius 3 is 2.40 bits per heavy atom. The summed E-state index contributed by atoms with van der Waals surface area (Å²) in [4.78, 5) is 21.4. The molecule has 216 valence electrons. The maximum absolute atomic E-state index is 15.3. The monoisotopic (exact) mass is 603 g/mol. The minimum Gasteiger partial charge on any atom is -0.337 e. The lowest BCUT2D eigenvalue weighted by Crippen LogP contribution is -2.45. The molecule has 1 amide bonds. The predicted molar refractivity (Wildman–Crippen MR) is 132 cm³/mol. The zero-order valence-electron chi connectivity index (χ0n) is 21.1. The van der Waals surface area contributed by atoms with E-state index in [4.69, 9.17) is 10.3 Å². The number of hydrogen-bond acceptors (Lipinski definition) is 11. The maximum atomic E-state index is 15.3. The van der Waals surface area contributed by atoms with Gasteiger partial charge < -0.3 is 19.7 Å². The number of nitrogens with zero attached hydrogens (tertiary/aromatic N) is 6. The Morgan fingerprint density at radius 2 is 1.79 bits per heavy atom. The van der Waals surface area contributed by atoms with Crippen LogP contribution < -0.4 is 10.6 Å². The summed E-state index contributed by atoms with van der Waals surface area (Å²) in [5.41, 5.74) is 5.12. The van der Waals surface area contributed by atoms with E-state index in [0.29, 0.717) is 18.4 Å². The molecule has 3 heterocycles. The first-order chi connectivity index (χ1) is 19.8. The average molecular weight is 604 g/mol. The van der Waals surface area contributed by atoms with Crippen LogP contribution in [0.2, 0.25) is 0 Å². The van der Waals surface area contributed by atoms with Crippen LogP contribution in [-0.4, -0.2) is 46.4 Å². The Hall–Kier alpha value is -4.69. The van der Waals surface area contributed by atoms with Crippen molar-refractivity contribution in [2.75, 3.05) is 10.7 Å². The van der Waals surface area contributed by atoms with Crippen LogP contribution in [0.25, 0.3) is 22.8 Å². The largest absolute Gasteiger partial charge is 0.471 e. The normalized spacial score (nSPS) is 19.2. The van der Waals surface area contributed by atoms with Crippen molar-refractivity contribution < 1.29 is 39.8 Å². The third kappa shape index (κ3) is 4.67. The summed E-state index contributed by atoms with van der Waals surface area (Å²) in [7, 11) is -4.23. The zero-order chi connectivity index (χ0) is 30.0. The molecule has 0 spiro atoms. The van der Waals surface area contributed by atoms with Crippen molar-refractivity contribution in [3.05, 3.63) is 59.6 Å². The smallest absolute Gasteiger partial charge is 0.337 e. The fraction of sp³-hybridized carbons (Fsp3) is 0.280. The van der Waals surface area contributed by atoms with Gasteiger partial charge in [-0.1, -0.05) is 34.6 Å². The van der Waals surface area contributed by atoms with E-state index in [2.05, 4.69) is 30.9 Å². The molecule has 0 unspecified atom stereocenters. The number of nitriles is 1. The van der Waals surface area contributed by atoms with Gasteiger partial charge in [-0.25, -0.2) is 12.8 Å². The van der Waals surface area contributed by atoms with Gasteiger partial charge in [-0.15, -0.1) is 0 Å². The predicted octanol–water partition coefficient (Wildman–Crippen LogP) is 3.15. The highest BCUT2D eigenvalue weighted by Gasteiger charge is 2.50. The first-order valence-corrected chi connectivity index (χ1v) is 13.9. The minimum absolute atomic E-state index is 0.000894. The lowest BCUT2D eigenvalue weighted by molar-refractivity contribution is -0.159. The number of carbonyl (C=O) groups is 1. The molecule has 1 fully saturated rings. The van der Waals surface area contributed by atoms with E-state index in [1.54, 1.807) is 0 Å². The molecule has 0 saturated heterocycles. The number of amides is 1. The van der Waals surface area contributed by atoms with Crippen molar-refractivity contribution >= 4 is 21.4 Å². The van der Waals surface area contributed by atoms with Gasteiger partial charge in [0.05, 0.1) is 40.6 Å². The van der Waals surface area contributed by atoms with Crippen molar-refractivity contribution in [3.63, 3.8) is 0 Å². The number of sulfone groups is 1. The highest BCUT2D eigenvalue weighted by atomic mass is 32.2. The SMILES string of the molecule is N#CC1(c2nc(-c3cc4c(cc3F)S(=O)(=O)C[C@H](N)C(=O)N4Cc3ccc(-c4noc(C(F)(F)F)n4)cc3)no2)CC1. The van der Waals surface area contributed by atoms with Gasteiger partial charge in [-0.2, -0.15) is 28.4 Å². The third-order valence-electron chi connectivity index (χ3n) is 6.92. The second-order valence-electron chi connectivity index (χ2n) is 9.85. The molecule has 12 nitrogen and oxygen atoms in total. The van der Waals surface area contributed by atoms with E-state index in [1.165, 1.54) is 24.3 Å². The van der Waals surface area contributed by atoms with E-state index in [1.807, 2.05) is 0 Å². The number of alkyl halides is 3. The molecule has 0 radical (unpaired) electrons. The van der Waals surface area contributed by atoms with Crippen LogP contribution in [0.5, 0.6) is 0 Å². The average Bonchev–Trinajstić information content (AvgIpc) is 3.32. The molecule has 2 aliphatic rings. The number of fused-ring (bicyclic) bond motifs is 1. The van der Waals surface area contributed by atoms with Gasteiger partial charge in [0.15, 0.2) is 9.84 Å². The number of nitrogens with two attached hydrogens (primary N) is 1. The summed E-state index contributed by atoms with van der Waals surface area (Å²) in [5, 5.41) is 16.5. The molecule has 6 rings (SSSR count). The van der Waals surface area contributed by atoms with Crippen LogP contribution in [0.15, 0.2) is 50.3 Å². The highest BCUT2D eigenvalue weighted by Crippen LogP contribution is 2.47. The third-order valence-corrected chi connectivity index (χ3v) is 8.71. The van der Waals surface area contributed by atoms with E-state index in [9.17, 15) is 31.6 Å². The lowest BCUT2D eigenvalue weighted by atomic mass is 10.1. The standard InChI is InChI=1S/C25H17F4N7O5S/c26-15-8-18-17(7-14(15)20-33-22(40-35-20)24(11-30)5-6-24)36(21(37)16(31)10-42(18,38)39)9-12-1-3-13(4-2-12)19-32-23(41-34-19)25(27,28)29/h1-4,7-8,16H,5-6,9-10,31H2/t16-/m0/s1. The second kappa shape index (κ2) is 9.42. The number of carbonyl (C=O) groups excluding carboxylic acids is 1. The molecule has 1 aliphatic carbocycles. The molecule has 2 N–H and O–H groups in total. The number of hydrogen-bond donors (Lipinski definition) is 1. The van der Waals surface area contributed by atoms with Crippen LogP contribution in [0.3, 0.4) is 0 Å². The molecule has 2 aromatic heterocycles. The van der Waals surface area contributed by atoms with E-state index in [0.717, 1.165) is 17.0 Å². The fourth-order valence-electron chi connectivity index (χ4n) is 4.48. The van der Waals surface area contributed by atoms with Crippen LogP contribution in [-0.2, 0) is 32.8 Å². The Kier molecular flexibility index (Phi) is 6.17. The summed E-state index contributed by atoms with van der Waals surface area (Å²) in [6, 6.07) is 8.17. The Morgan fingerprint density at radius 1 is 1.10 bits per heavy atom. The highest BCUT2D eigenvalue weighted by molar-refractivity contribution is 7.91. The molecule has 1 aliphatic heterocycles. The zero-order valence-corrected chi connectivity index (χ0v) is 21.9. The number of aromatic nitrogens is 4. The Bertz CT molecular complexity index is 1880. The van der Waals surface area contributed by atoms with Crippen molar-refractivity contribution in [1.29, 1.82) is 5.26 Å². The van der Waals surface area contributed by atoms with Crippen LogP contribution in [0.1, 0.15) is 30.2 Å². The lowest BCUT2D eigenvalue weighted by Gasteiger charge is -2.24. The molecule has 2 aromatic carbocycles. The van der Waals surface area contributed by atoms with Crippen LogP contribution in [0, 0.1) is 17.1 Å². The number of anilines is 1. The van der Waals surface area contributed by atoms with Crippen molar-refractivity contribution in [3.8, 4) is 28.8 Å². The van der Waals surface area contributed by atoms with Crippen molar-refractivity contribution in [1.82, 2.24) is 20.3 Å². The Balaban J connectivity index is 1.38. The number of rotatable bonds is 5. The van der Waals surface area contributed by atoms with Gasteiger partial charge in [0.25, 0.3) is 0 Å². The quantitative estimate of drug-likeness (QED) is 0.331. The molecule has 0 bridgehead atoms. The van der Waals surface area contributed by atoms with E-state index in [-0.39, 0.29) is 40.9 Å². The van der Waals surface area contributed by atoms with Gasteiger partial charge in [0, 0.05) is 5.56 Å². The number of halogens is 4. The first-order valence-electron chi connectivity index (χ1n) is 12.2. The topological polar surface area (TPSA) is 182 Å². The first kappa shape index (κ1) is 27.5. The van der Waals surface area contributed by atoms with Crippen LogP contribution >= 0.6 is 0 Å². The summed E-state index contributed by atoms with van der Waals surface area (Å²) in [5.74, 6) is -4.63. The van der Waals surface area contributed by atoms with Gasteiger partial charge >= 0.3 is 12.1 Å².